The number of hydrogen-bond acceptors (Lipinski definition) is 1. The van der Waals surface area contributed by atoms with Gasteiger partial charge in [0.15, 0.2) is 0 Å². The average molecular weight is 238 g/mol. The summed E-state index contributed by atoms with van der Waals surface area (Å²) in [6, 6.07) is 2.94. The smallest absolute Gasteiger partial charge is 0.124 e. The van der Waals surface area contributed by atoms with E-state index < -0.39 is 0 Å². The number of aryl methyl sites for hydroxylation is 2. The monoisotopic (exact) mass is 237 g/mol. The van der Waals surface area contributed by atoms with Gasteiger partial charge in [-0.1, -0.05) is 18.5 Å². The molecule has 3 heteroatoms. The standard InChI is InChI=1S/C13H13ClFN/c1-4-11-8(3)12(14)10-6-9(15)5-7(2)13(10)16-11/h5-6H,4H2,1-3H3. The molecule has 0 atom stereocenters. The third-order valence-electron chi connectivity index (χ3n) is 2.85. The van der Waals surface area contributed by atoms with E-state index in [9.17, 15) is 4.39 Å². The lowest BCUT2D eigenvalue weighted by molar-refractivity contribution is 0.628. The van der Waals surface area contributed by atoms with Crippen molar-refractivity contribution in [2.45, 2.75) is 27.2 Å². The van der Waals surface area contributed by atoms with Crippen molar-refractivity contribution in [3.8, 4) is 0 Å². The molecule has 0 bridgehead atoms. The zero-order chi connectivity index (χ0) is 11.9. The molecule has 0 spiro atoms. The molecule has 0 radical (unpaired) electrons. The van der Waals surface area contributed by atoms with Crippen LogP contribution in [0.15, 0.2) is 12.1 Å². The fraction of sp³-hybridized carbons (Fsp3) is 0.308. The molecule has 0 unspecified atom stereocenters. The van der Waals surface area contributed by atoms with E-state index in [0.717, 1.165) is 28.8 Å². The predicted molar refractivity (Wildman–Crippen MR) is 65.6 cm³/mol. The molecule has 1 heterocycles. The molecular weight excluding hydrogens is 225 g/mol. The van der Waals surface area contributed by atoms with Gasteiger partial charge < -0.3 is 0 Å². The highest BCUT2D eigenvalue weighted by Gasteiger charge is 2.11. The van der Waals surface area contributed by atoms with Crippen molar-refractivity contribution in [2.24, 2.45) is 0 Å². The number of aromatic nitrogens is 1. The molecule has 0 N–H and O–H groups in total. The van der Waals surface area contributed by atoms with E-state index in [1.54, 1.807) is 0 Å². The van der Waals surface area contributed by atoms with Crippen molar-refractivity contribution in [3.63, 3.8) is 0 Å². The maximum absolute atomic E-state index is 13.3. The van der Waals surface area contributed by atoms with Crippen molar-refractivity contribution < 1.29 is 4.39 Å². The molecule has 1 nitrogen and oxygen atoms in total. The highest BCUT2D eigenvalue weighted by atomic mass is 35.5. The van der Waals surface area contributed by atoms with E-state index in [1.165, 1.54) is 12.1 Å². The first kappa shape index (κ1) is 11.3. The Morgan fingerprint density at radius 3 is 2.62 bits per heavy atom. The molecule has 0 saturated heterocycles. The highest BCUT2D eigenvalue weighted by molar-refractivity contribution is 6.36. The molecular formula is C13H13ClFN. The van der Waals surface area contributed by atoms with Crippen LogP contribution in [0, 0.1) is 19.7 Å². The molecule has 0 saturated carbocycles. The summed E-state index contributed by atoms with van der Waals surface area (Å²) in [4.78, 5) is 4.54. The Morgan fingerprint density at radius 1 is 1.31 bits per heavy atom. The molecule has 84 valence electrons. The molecule has 1 aromatic heterocycles. The van der Waals surface area contributed by atoms with Crippen molar-refractivity contribution in [2.75, 3.05) is 0 Å². The Balaban J connectivity index is 2.92. The van der Waals surface area contributed by atoms with Gasteiger partial charge in [-0.05, 0) is 43.5 Å². The van der Waals surface area contributed by atoms with Gasteiger partial charge in [0.05, 0.1) is 10.5 Å². The molecule has 0 aliphatic carbocycles. The van der Waals surface area contributed by atoms with Crippen LogP contribution in [0.25, 0.3) is 10.9 Å². The summed E-state index contributed by atoms with van der Waals surface area (Å²) in [6.07, 6.45) is 0.832. The van der Waals surface area contributed by atoms with Crippen molar-refractivity contribution >= 4 is 22.5 Å². The Labute approximate surface area is 99.3 Å². The van der Waals surface area contributed by atoms with Crippen molar-refractivity contribution in [1.82, 2.24) is 4.98 Å². The molecule has 1 aromatic carbocycles. The van der Waals surface area contributed by atoms with Gasteiger partial charge in [0, 0.05) is 11.1 Å². The first-order chi connectivity index (χ1) is 7.54. The average Bonchev–Trinajstić information content (AvgIpc) is 2.24. The van der Waals surface area contributed by atoms with E-state index >= 15 is 0 Å². The number of benzene rings is 1. The molecule has 0 aliphatic heterocycles. The molecule has 16 heavy (non-hydrogen) atoms. The predicted octanol–water partition coefficient (Wildman–Crippen LogP) is 4.21. The van der Waals surface area contributed by atoms with Gasteiger partial charge in [0.25, 0.3) is 0 Å². The van der Waals surface area contributed by atoms with Crippen LogP contribution < -0.4 is 0 Å². The molecule has 0 amide bonds. The normalized spacial score (nSPS) is 11.1. The summed E-state index contributed by atoms with van der Waals surface area (Å²) < 4.78 is 13.3. The number of pyridine rings is 1. The minimum Gasteiger partial charge on any atom is -0.252 e. The first-order valence-electron chi connectivity index (χ1n) is 5.29. The largest absolute Gasteiger partial charge is 0.252 e. The number of nitrogens with zero attached hydrogens (tertiary/aromatic N) is 1. The van der Waals surface area contributed by atoms with Gasteiger partial charge in [-0.3, -0.25) is 4.98 Å². The topological polar surface area (TPSA) is 12.9 Å². The van der Waals surface area contributed by atoms with Crippen molar-refractivity contribution in [3.05, 3.63) is 39.8 Å². The van der Waals surface area contributed by atoms with E-state index in [2.05, 4.69) is 4.98 Å². The second-order valence-corrected chi connectivity index (χ2v) is 4.35. The quantitative estimate of drug-likeness (QED) is 0.724. The SMILES string of the molecule is CCc1nc2c(C)cc(F)cc2c(Cl)c1C. The lowest BCUT2D eigenvalue weighted by Gasteiger charge is -2.10. The van der Waals surface area contributed by atoms with Crippen LogP contribution in [0.4, 0.5) is 4.39 Å². The maximum atomic E-state index is 13.3. The first-order valence-corrected chi connectivity index (χ1v) is 5.67. The Kier molecular flexibility index (Phi) is 2.85. The van der Waals surface area contributed by atoms with E-state index in [4.69, 9.17) is 11.6 Å². The lowest BCUT2D eigenvalue weighted by Crippen LogP contribution is -1.97. The summed E-state index contributed by atoms with van der Waals surface area (Å²) in [6.45, 7) is 5.81. The molecule has 2 rings (SSSR count). The van der Waals surface area contributed by atoms with Crippen LogP contribution in [0.1, 0.15) is 23.7 Å². The van der Waals surface area contributed by atoms with Crippen LogP contribution in [0.3, 0.4) is 0 Å². The molecule has 2 aromatic rings. The van der Waals surface area contributed by atoms with Gasteiger partial charge >= 0.3 is 0 Å². The van der Waals surface area contributed by atoms with Gasteiger partial charge in [-0.25, -0.2) is 4.39 Å². The highest BCUT2D eigenvalue weighted by Crippen LogP contribution is 2.30. The summed E-state index contributed by atoms with van der Waals surface area (Å²) in [5, 5.41) is 1.32. The third-order valence-corrected chi connectivity index (χ3v) is 3.33. The summed E-state index contributed by atoms with van der Waals surface area (Å²) >= 11 is 6.25. The van der Waals surface area contributed by atoms with E-state index in [0.29, 0.717) is 10.4 Å². The summed E-state index contributed by atoms with van der Waals surface area (Å²) in [5.74, 6) is -0.266. The lowest BCUT2D eigenvalue weighted by atomic mass is 10.1. The van der Waals surface area contributed by atoms with Gasteiger partial charge in [-0.2, -0.15) is 0 Å². The second-order valence-electron chi connectivity index (χ2n) is 3.97. The van der Waals surface area contributed by atoms with Crippen molar-refractivity contribution in [1.29, 1.82) is 0 Å². The number of fused-ring (bicyclic) bond motifs is 1. The number of halogens is 2. The second kappa shape index (κ2) is 4.02. The minimum absolute atomic E-state index is 0.266. The number of hydrogen-bond donors (Lipinski definition) is 0. The van der Waals surface area contributed by atoms with Crippen LogP contribution >= 0.6 is 11.6 Å². The minimum atomic E-state index is -0.266. The summed E-state index contributed by atoms with van der Waals surface area (Å²) in [5.41, 5.74) is 3.55. The molecule has 0 aliphatic rings. The van der Waals surface area contributed by atoms with Gasteiger partial charge in [0.1, 0.15) is 5.82 Å². The van der Waals surface area contributed by atoms with Gasteiger partial charge in [-0.15, -0.1) is 0 Å². The Morgan fingerprint density at radius 2 is 2.00 bits per heavy atom. The van der Waals surface area contributed by atoms with E-state index in [-0.39, 0.29) is 5.82 Å². The Bertz CT molecular complexity index is 564. The maximum Gasteiger partial charge on any atom is 0.124 e. The number of rotatable bonds is 1. The zero-order valence-electron chi connectivity index (χ0n) is 9.56. The van der Waals surface area contributed by atoms with Gasteiger partial charge in [0.2, 0.25) is 0 Å². The fourth-order valence-corrected chi connectivity index (χ4v) is 2.20. The zero-order valence-corrected chi connectivity index (χ0v) is 10.3. The Hall–Kier alpha value is -1.15. The van der Waals surface area contributed by atoms with Crippen LogP contribution in [-0.2, 0) is 6.42 Å². The summed E-state index contributed by atoms with van der Waals surface area (Å²) in [7, 11) is 0. The van der Waals surface area contributed by atoms with Crippen LogP contribution in [0.2, 0.25) is 5.02 Å². The van der Waals surface area contributed by atoms with E-state index in [1.807, 2.05) is 20.8 Å². The third kappa shape index (κ3) is 1.67. The van der Waals surface area contributed by atoms with Crippen LogP contribution in [-0.4, -0.2) is 4.98 Å². The molecule has 0 fully saturated rings. The van der Waals surface area contributed by atoms with Crippen LogP contribution in [0.5, 0.6) is 0 Å². The fourth-order valence-electron chi connectivity index (χ4n) is 1.94.